The number of ether oxygens (including phenoxy) is 1. The van der Waals surface area contributed by atoms with Gasteiger partial charge in [-0.1, -0.05) is 12.1 Å². The third-order valence-corrected chi connectivity index (χ3v) is 4.44. The number of rotatable bonds is 8. The Morgan fingerprint density at radius 1 is 1.33 bits per heavy atom. The zero-order valence-electron chi connectivity index (χ0n) is 16.0. The second-order valence-electron chi connectivity index (χ2n) is 5.95. The molecule has 9 heteroatoms. The summed E-state index contributed by atoms with van der Waals surface area (Å²) in [5, 5.41) is 9.37. The van der Waals surface area contributed by atoms with Gasteiger partial charge in [-0.3, -0.25) is 0 Å². The van der Waals surface area contributed by atoms with Gasteiger partial charge in [-0.2, -0.15) is 0 Å². The molecule has 1 atom stereocenters. The van der Waals surface area contributed by atoms with Crippen molar-refractivity contribution in [1.29, 1.82) is 0 Å². The lowest BCUT2D eigenvalue weighted by atomic mass is 10.3. The maximum Gasteiger partial charge on any atom is 0.191 e. The van der Waals surface area contributed by atoms with E-state index < -0.39 is 0 Å². The molecular formula is C18H27FIN5OS. The van der Waals surface area contributed by atoms with Crippen LogP contribution < -0.4 is 20.3 Å². The van der Waals surface area contributed by atoms with Crippen molar-refractivity contribution >= 4 is 46.4 Å². The van der Waals surface area contributed by atoms with Gasteiger partial charge in [-0.25, -0.2) is 14.4 Å². The first-order valence-corrected chi connectivity index (χ1v) is 9.42. The number of hydrogen-bond donors (Lipinski definition) is 2. The molecule has 150 valence electrons. The standard InChI is InChI=1S/C18H26FN5OS.HI/c1-5-20-17(22-11-14-12-26-18(23-14)24(3)4)21-10-13(2)25-16-9-7-6-8-15(16)19;/h6-9,12-13H,5,10-11H2,1-4H3,(H2,20,21,22);1H. The van der Waals surface area contributed by atoms with Gasteiger partial charge in [0.25, 0.3) is 0 Å². The molecular weight excluding hydrogens is 480 g/mol. The monoisotopic (exact) mass is 507 g/mol. The number of nitrogens with one attached hydrogen (secondary N) is 2. The first-order valence-electron chi connectivity index (χ1n) is 8.54. The molecule has 2 rings (SSSR count). The van der Waals surface area contributed by atoms with Crippen LogP contribution in [0.4, 0.5) is 9.52 Å². The Balaban J connectivity index is 0.00000364. The second kappa shape index (κ2) is 12.0. The maximum atomic E-state index is 13.6. The zero-order chi connectivity index (χ0) is 18.9. The number of benzene rings is 1. The quantitative estimate of drug-likeness (QED) is 0.326. The lowest BCUT2D eigenvalue weighted by molar-refractivity contribution is 0.214. The predicted octanol–water partition coefficient (Wildman–Crippen LogP) is 3.49. The highest BCUT2D eigenvalue weighted by atomic mass is 127. The van der Waals surface area contributed by atoms with Crippen LogP contribution in [0, 0.1) is 5.82 Å². The van der Waals surface area contributed by atoms with Crippen molar-refractivity contribution in [3.63, 3.8) is 0 Å². The van der Waals surface area contributed by atoms with Crippen LogP contribution >= 0.6 is 35.3 Å². The molecule has 1 aromatic heterocycles. The fourth-order valence-electron chi connectivity index (χ4n) is 2.12. The zero-order valence-corrected chi connectivity index (χ0v) is 19.2. The highest BCUT2D eigenvalue weighted by molar-refractivity contribution is 14.0. The number of thiazole rings is 1. The predicted molar refractivity (Wildman–Crippen MR) is 121 cm³/mol. The smallest absolute Gasteiger partial charge is 0.191 e. The van der Waals surface area contributed by atoms with E-state index >= 15 is 0 Å². The Kier molecular flexibility index (Phi) is 10.4. The van der Waals surface area contributed by atoms with E-state index in [2.05, 4.69) is 20.6 Å². The van der Waals surface area contributed by atoms with Gasteiger partial charge in [0.15, 0.2) is 22.7 Å². The average Bonchev–Trinajstić information content (AvgIpc) is 3.09. The van der Waals surface area contributed by atoms with Crippen LogP contribution in [0.5, 0.6) is 5.75 Å². The van der Waals surface area contributed by atoms with Crippen LogP contribution in [0.15, 0.2) is 34.6 Å². The molecule has 0 aliphatic rings. The summed E-state index contributed by atoms with van der Waals surface area (Å²) in [6, 6.07) is 6.40. The number of halogens is 2. The first kappa shape index (κ1) is 23.4. The molecule has 0 bridgehead atoms. The molecule has 2 aromatic rings. The number of para-hydroxylation sites is 1. The lowest BCUT2D eigenvalue weighted by Gasteiger charge is -2.17. The van der Waals surface area contributed by atoms with Crippen LogP contribution in [-0.4, -0.2) is 44.2 Å². The summed E-state index contributed by atoms with van der Waals surface area (Å²) >= 11 is 1.59. The topological polar surface area (TPSA) is 61.8 Å². The summed E-state index contributed by atoms with van der Waals surface area (Å²) in [7, 11) is 3.93. The van der Waals surface area contributed by atoms with Crippen LogP contribution in [0.1, 0.15) is 19.5 Å². The minimum absolute atomic E-state index is 0. The third-order valence-electron chi connectivity index (χ3n) is 3.39. The van der Waals surface area contributed by atoms with Crippen molar-refractivity contribution in [3.8, 4) is 5.75 Å². The van der Waals surface area contributed by atoms with Crippen molar-refractivity contribution in [3.05, 3.63) is 41.2 Å². The fraction of sp³-hybridized carbons (Fsp3) is 0.444. The van der Waals surface area contributed by atoms with Crippen LogP contribution in [0.25, 0.3) is 0 Å². The summed E-state index contributed by atoms with van der Waals surface area (Å²) < 4.78 is 19.3. The maximum absolute atomic E-state index is 13.6. The van der Waals surface area contributed by atoms with Crippen LogP contribution in [0.2, 0.25) is 0 Å². The number of anilines is 1. The van der Waals surface area contributed by atoms with Crippen molar-refractivity contribution in [1.82, 2.24) is 15.6 Å². The number of hydrogen-bond acceptors (Lipinski definition) is 5. The molecule has 6 nitrogen and oxygen atoms in total. The fourth-order valence-corrected chi connectivity index (χ4v) is 2.86. The Labute approximate surface area is 181 Å². The molecule has 1 unspecified atom stereocenters. The SMILES string of the molecule is CCNC(=NCc1csc(N(C)C)n1)NCC(C)Oc1ccccc1F.I. The number of nitrogens with zero attached hydrogens (tertiary/aromatic N) is 3. The van der Waals surface area contributed by atoms with Crippen molar-refractivity contribution in [2.75, 3.05) is 32.1 Å². The van der Waals surface area contributed by atoms with E-state index in [1.807, 2.05) is 38.2 Å². The summed E-state index contributed by atoms with van der Waals surface area (Å²) in [4.78, 5) is 11.0. The summed E-state index contributed by atoms with van der Waals surface area (Å²) in [5.74, 6) is 0.568. The molecule has 0 saturated carbocycles. The van der Waals surface area contributed by atoms with Crippen molar-refractivity contribution in [2.24, 2.45) is 4.99 Å². The Hall–Kier alpha value is -1.62. The number of aliphatic imine (C=N–C) groups is 1. The van der Waals surface area contributed by atoms with E-state index in [1.54, 1.807) is 29.5 Å². The van der Waals surface area contributed by atoms with Gasteiger partial charge in [0.1, 0.15) is 6.10 Å². The first-order chi connectivity index (χ1) is 12.5. The summed E-state index contributed by atoms with van der Waals surface area (Å²) in [5.41, 5.74) is 0.923. The Morgan fingerprint density at radius 3 is 2.70 bits per heavy atom. The Bertz CT molecular complexity index is 725. The molecule has 0 saturated heterocycles. The van der Waals surface area contributed by atoms with Gasteiger partial charge in [-0.05, 0) is 26.0 Å². The van der Waals surface area contributed by atoms with Crippen molar-refractivity contribution in [2.45, 2.75) is 26.5 Å². The van der Waals surface area contributed by atoms with E-state index in [-0.39, 0.29) is 41.6 Å². The second-order valence-corrected chi connectivity index (χ2v) is 6.79. The highest BCUT2D eigenvalue weighted by Crippen LogP contribution is 2.18. The Morgan fingerprint density at radius 2 is 2.07 bits per heavy atom. The molecule has 0 radical (unpaired) electrons. The third kappa shape index (κ3) is 7.87. The average molecular weight is 507 g/mol. The molecule has 1 aromatic carbocycles. The molecule has 0 aliphatic heterocycles. The van der Waals surface area contributed by atoms with Crippen LogP contribution in [-0.2, 0) is 6.54 Å². The lowest BCUT2D eigenvalue weighted by Crippen LogP contribution is -2.41. The highest BCUT2D eigenvalue weighted by Gasteiger charge is 2.09. The normalized spacial score (nSPS) is 12.1. The number of aromatic nitrogens is 1. The summed E-state index contributed by atoms with van der Waals surface area (Å²) in [6.45, 7) is 5.62. The van der Waals surface area contributed by atoms with Gasteiger partial charge in [0.2, 0.25) is 0 Å². The van der Waals surface area contributed by atoms with E-state index in [0.717, 1.165) is 17.4 Å². The molecule has 0 fully saturated rings. The van der Waals surface area contributed by atoms with Gasteiger partial charge in [0.05, 0.1) is 18.8 Å². The van der Waals surface area contributed by atoms with Crippen LogP contribution in [0.3, 0.4) is 0 Å². The molecule has 2 N–H and O–H groups in total. The minimum Gasteiger partial charge on any atom is -0.486 e. The molecule has 0 spiro atoms. The largest absolute Gasteiger partial charge is 0.486 e. The van der Waals surface area contributed by atoms with E-state index in [4.69, 9.17) is 4.74 Å². The van der Waals surface area contributed by atoms with Gasteiger partial charge < -0.3 is 20.3 Å². The van der Waals surface area contributed by atoms with E-state index in [9.17, 15) is 4.39 Å². The van der Waals surface area contributed by atoms with Gasteiger partial charge in [0, 0.05) is 26.0 Å². The van der Waals surface area contributed by atoms with E-state index in [0.29, 0.717) is 19.0 Å². The molecule has 0 amide bonds. The van der Waals surface area contributed by atoms with Gasteiger partial charge >= 0.3 is 0 Å². The number of guanidine groups is 1. The van der Waals surface area contributed by atoms with Gasteiger partial charge in [-0.15, -0.1) is 35.3 Å². The molecule has 27 heavy (non-hydrogen) atoms. The molecule has 1 heterocycles. The molecule has 0 aliphatic carbocycles. The minimum atomic E-state index is -0.361. The summed E-state index contributed by atoms with van der Waals surface area (Å²) in [6.07, 6.45) is -0.213. The van der Waals surface area contributed by atoms with E-state index in [1.165, 1.54) is 6.07 Å². The van der Waals surface area contributed by atoms with Crippen molar-refractivity contribution < 1.29 is 9.13 Å².